The Hall–Kier alpha value is -1.32. The second-order valence-electron chi connectivity index (χ2n) is 4.35. The van der Waals surface area contributed by atoms with Crippen molar-refractivity contribution in [2.24, 2.45) is 0 Å². The van der Waals surface area contributed by atoms with Crippen molar-refractivity contribution in [2.45, 2.75) is 32.9 Å². The molecule has 0 radical (unpaired) electrons. The van der Waals surface area contributed by atoms with Crippen LogP contribution in [-0.4, -0.2) is 14.7 Å². The van der Waals surface area contributed by atoms with E-state index in [1.807, 2.05) is 35.9 Å². The lowest BCUT2D eigenvalue weighted by atomic mass is 10.0. The first-order valence-electron chi connectivity index (χ1n) is 6.06. The monoisotopic (exact) mass is 264 g/mol. The van der Waals surface area contributed by atoms with Gasteiger partial charge in [0.1, 0.15) is 5.82 Å². The smallest absolute Gasteiger partial charge is 0.111 e. The van der Waals surface area contributed by atoms with Crippen molar-refractivity contribution < 1.29 is 5.11 Å². The van der Waals surface area contributed by atoms with Gasteiger partial charge in [0, 0.05) is 30.4 Å². The number of benzene rings is 1. The summed E-state index contributed by atoms with van der Waals surface area (Å²) in [7, 11) is 0. The average molecular weight is 265 g/mol. The highest BCUT2D eigenvalue weighted by molar-refractivity contribution is 6.30. The zero-order valence-corrected chi connectivity index (χ0v) is 11.4. The molecule has 4 heteroatoms. The predicted octanol–water partition coefficient (Wildman–Crippen LogP) is 3.14. The van der Waals surface area contributed by atoms with Crippen LogP contribution in [0.15, 0.2) is 30.6 Å². The van der Waals surface area contributed by atoms with E-state index in [0.717, 1.165) is 23.5 Å². The molecule has 0 amide bonds. The zero-order valence-electron chi connectivity index (χ0n) is 10.6. The topological polar surface area (TPSA) is 38.0 Å². The number of rotatable bonds is 4. The molecule has 0 aliphatic rings. The van der Waals surface area contributed by atoms with Gasteiger partial charge in [-0.1, -0.05) is 17.7 Å². The molecule has 0 spiro atoms. The first kappa shape index (κ1) is 13.1. The number of halogens is 1. The summed E-state index contributed by atoms with van der Waals surface area (Å²) in [5, 5.41) is 11.0. The van der Waals surface area contributed by atoms with Gasteiger partial charge >= 0.3 is 0 Å². The van der Waals surface area contributed by atoms with Crippen LogP contribution >= 0.6 is 11.6 Å². The fourth-order valence-corrected chi connectivity index (χ4v) is 2.25. The van der Waals surface area contributed by atoms with E-state index >= 15 is 0 Å². The Balaban J connectivity index is 2.21. The van der Waals surface area contributed by atoms with E-state index in [-0.39, 0.29) is 0 Å². The summed E-state index contributed by atoms with van der Waals surface area (Å²) in [6.07, 6.45) is 3.61. The van der Waals surface area contributed by atoms with Crippen LogP contribution in [0.1, 0.15) is 30.0 Å². The molecule has 0 aliphatic carbocycles. The summed E-state index contributed by atoms with van der Waals surface area (Å²) in [5.41, 5.74) is 1.91. The SMILES string of the molecule is CCn1ccnc1CC(O)c1cc(Cl)ccc1C. The largest absolute Gasteiger partial charge is 0.388 e. The zero-order chi connectivity index (χ0) is 13.1. The van der Waals surface area contributed by atoms with Gasteiger partial charge in [0.2, 0.25) is 0 Å². The highest BCUT2D eigenvalue weighted by Crippen LogP contribution is 2.24. The molecule has 3 nitrogen and oxygen atoms in total. The Morgan fingerprint density at radius 2 is 2.22 bits per heavy atom. The molecule has 1 aromatic carbocycles. The molecule has 96 valence electrons. The molecule has 0 saturated heterocycles. The van der Waals surface area contributed by atoms with Crippen LogP contribution in [0.5, 0.6) is 0 Å². The molecular formula is C14H17ClN2O. The number of imidazole rings is 1. The van der Waals surface area contributed by atoms with Gasteiger partial charge in [-0.2, -0.15) is 0 Å². The number of aryl methyl sites for hydroxylation is 2. The summed E-state index contributed by atoms with van der Waals surface area (Å²) in [6.45, 7) is 4.89. The van der Waals surface area contributed by atoms with Crippen LogP contribution in [0, 0.1) is 6.92 Å². The number of aromatic nitrogens is 2. The maximum atomic E-state index is 10.3. The number of nitrogens with zero attached hydrogens (tertiary/aromatic N) is 2. The van der Waals surface area contributed by atoms with E-state index in [0.29, 0.717) is 11.4 Å². The van der Waals surface area contributed by atoms with Gasteiger partial charge in [-0.15, -0.1) is 0 Å². The maximum Gasteiger partial charge on any atom is 0.111 e. The van der Waals surface area contributed by atoms with Gasteiger partial charge < -0.3 is 9.67 Å². The van der Waals surface area contributed by atoms with Crippen molar-refractivity contribution >= 4 is 11.6 Å². The fourth-order valence-electron chi connectivity index (χ4n) is 2.07. The quantitative estimate of drug-likeness (QED) is 0.921. The summed E-state index contributed by atoms with van der Waals surface area (Å²) < 4.78 is 2.03. The molecule has 1 aromatic heterocycles. The van der Waals surface area contributed by atoms with E-state index in [4.69, 9.17) is 11.6 Å². The Bertz CT molecular complexity index is 536. The van der Waals surface area contributed by atoms with Crippen LogP contribution in [0.3, 0.4) is 0 Å². The third kappa shape index (κ3) is 2.74. The Labute approximate surface area is 112 Å². The molecule has 0 fully saturated rings. The summed E-state index contributed by atoms with van der Waals surface area (Å²) in [4.78, 5) is 4.27. The highest BCUT2D eigenvalue weighted by Gasteiger charge is 2.14. The first-order valence-corrected chi connectivity index (χ1v) is 6.43. The minimum absolute atomic E-state index is 0.502. The van der Waals surface area contributed by atoms with E-state index in [1.165, 1.54) is 0 Å². The predicted molar refractivity (Wildman–Crippen MR) is 72.8 cm³/mol. The van der Waals surface area contributed by atoms with Crippen LogP contribution in [0.4, 0.5) is 0 Å². The van der Waals surface area contributed by atoms with Crippen molar-refractivity contribution in [1.29, 1.82) is 0 Å². The second kappa shape index (κ2) is 5.55. The lowest BCUT2D eigenvalue weighted by Crippen LogP contribution is -2.09. The third-order valence-corrected chi connectivity index (χ3v) is 3.35. The minimum Gasteiger partial charge on any atom is -0.388 e. The molecule has 1 N–H and O–H groups in total. The van der Waals surface area contributed by atoms with Crippen molar-refractivity contribution in [2.75, 3.05) is 0 Å². The van der Waals surface area contributed by atoms with Gasteiger partial charge in [-0.05, 0) is 37.1 Å². The number of hydrogen-bond acceptors (Lipinski definition) is 2. The van der Waals surface area contributed by atoms with Crippen LogP contribution in [0.25, 0.3) is 0 Å². The van der Waals surface area contributed by atoms with Crippen molar-refractivity contribution in [3.05, 3.63) is 52.6 Å². The number of aliphatic hydroxyl groups excluding tert-OH is 1. The lowest BCUT2D eigenvalue weighted by molar-refractivity contribution is 0.174. The van der Waals surface area contributed by atoms with Crippen molar-refractivity contribution in [3.8, 4) is 0 Å². The van der Waals surface area contributed by atoms with E-state index in [9.17, 15) is 5.11 Å². The highest BCUT2D eigenvalue weighted by atomic mass is 35.5. The molecule has 2 aromatic rings. The molecule has 0 saturated carbocycles. The average Bonchev–Trinajstić information content (AvgIpc) is 2.79. The van der Waals surface area contributed by atoms with Crippen LogP contribution < -0.4 is 0 Å². The van der Waals surface area contributed by atoms with Gasteiger partial charge in [0.25, 0.3) is 0 Å². The van der Waals surface area contributed by atoms with Gasteiger partial charge in [0.05, 0.1) is 6.10 Å². The van der Waals surface area contributed by atoms with Crippen molar-refractivity contribution in [3.63, 3.8) is 0 Å². The number of hydrogen-bond donors (Lipinski definition) is 1. The van der Waals surface area contributed by atoms with Gasteiger partial charge in [-0.25, -0.2) is 4.98 Å². The third-order valence-electron chi connectivity index (χ3n) is 3.12. The van der Waals surface area contributed by atoms with Gasteiger partial charge in [0.15, 0.2) is 0 Å². The van der Waals surface area contributed by atoms with Crippen LogP contribution in [0.2, 0.25) is 5.02 Å². The molecule has 18 heavy (non-hydrogen) atoms. The molecule has 1 atom stereocenters. The standard InChI is InChI=1S/C14H17ClN2O/c1-3-17-7-6-16-14(17)9-13(18)12-8-11(15)5-4-10(12)2/h4-8,13,18H,3,9H2,1-2H3. The molecule has 0 bridgehead atoms. The van der Waals surface area contributed by atoms with E-state index in [1.54, 1.807) is 6.20 Å². The van der Waals surface area contributed by atoms with Gasteiger partial charge in [-0.3, -0.25) is 0 Å². The molecule has 1 heterocycles. The first-order chi connectivity index (χ1) is 8.61. The van der Waals surface area contributed by atoms with Crippen molar-refractivity contribution in [1.82, 2.24) is 9.55 Å². The summed E-state index contributed by atoms with van der Waals surface area (Å²) in [5.74, 6) is 0.893. The maximum absolute atomic E-state index is 10.3. The summed E-state index contributed by atoms with van der Waals surface area (Å²) in [6, 6.07) is 5.58. The molecule has 1 unspecified atom stereocenters. The Morgan fingerprint density at radius 3 is 2.94 bits per heavy atom. The second-order valence-corrected chi connectivity index (χ2v) is 4.79. The molecular weight excluding hydrogens is 248 g/mol. The minimum atomic E-state index is -0.573. The normalized spacial score (nSPS) is 12.7. The summed E-state index contributed by atoms with van der Waals surface area (Å²) >= 11 is 5.97. The lowest BCUT2D eigenvalue weighted by Gasteiger charge is -2.14. The van der Waals surface area contributed by atoms with E-state index in [2.05, 4.69) is 11.9 Å². The number of aliphatic hydroxyl groups is 1. The fraction of sp³-hybridized carbons (Fsp3) is 0.357. The Kier molecular flexibility index (Phi) is 4.04. The molecule has 0 aliphatic heterocycles. The van der Waals surface area contributed by atoms with E-state index < -0.39 is 6.10 Å². The molecule has 2 rings (SSSR count). The van der Waals surface area contributed by atoms with Crippen LogP contribution in [-0.2, 0) is 13.0 Å². The Morgan fingerprint density at radius 1 is 1.44 bits per heavy atom.